The van der Waals surface area contributed by atoms with E-state index in [1.54, 1.807) is 14.0 Å². The summed E-state index contributed by atoms with van der Waals surface area (Å²) < 4.78 is 4.92. The molecule has 0 spiro atoms. The number of ether oxygens (including phenoxy) is 1. The third-order valence-corrected chi connectivity index (χ3v) is 2.66. The molecule has 6 heteroatoms. The van der Waals surface area contributed by atoms with E-state index in [9.17, 15) is 4.79 Å². The van der Waals surface area contributed by atoms with Crippen molar-refractivity contribution in [2.24, 2.45) is 0 Å². The number of halogens is 1. The van der Waals surface area contributed by atoms with Gasteiger partial charge in [0.15, 0.2) is 0 Å². The minimum Gasteiger partial charge on any atom is -0.372 e. The third-order valence-electron chi connectivity index (χ3n) is 2.66. The average molecular weight is 252 g/mol. The molecule has 0 bridgehead atoms. The predicted molar refractivity (Wildman–Crippen MR) is 66.0 cm³/mol. The lowest BCUT2D eigenvalue weighted by atomic mass is 10.3. The zero-order valence-electron chi connectivity index (χ0n) is 9.99. The van der Waals surface area contributed by atoms with E-state index in [1.165, 1.54) is 0 Å². The third kappa shape index (κ3) is 5.65. The number of methoxy groups -OCH3 is 1. The van der Waals surface area contributed by atoms with Crippen LogP contribution in [0, 0.1) is 0 Å². The zero-order chi connectivity index (χ0) is 11.1. The lowest BCUT2D eigenvalue weighted by molar-refractivity contribution is -0.130. The van der Waals surface area contributed by atoms with Crippen LogP contribution in [0.4, 0.5) is 0 Å². The van der Waals surface area contributed by atoms with Crippen LogP contribution in [0.25, 0.3) is 0 Å². The fraction of sp³-hybridized carbons (Fsp3) is 0.900. The minimum atomic E-state index is -0.354. The van der Waals surface area contributed by atoms with Crippen molar-refractivity contribution in [2.75, 3.05) is 46.4 Å². The zero-order valence-corrected chi connectivity index (χ0v) is 10.8. The van der Waals surface area contributed by atoms with Gasteiger partial charge in [-0.3, -0.25) is 9.69 Å². The molecule has 0 aromatic carbocycles. The van der Waals surface area contributed by atoms with E-state index in [1.807, 2.05) is 0 Å². The SMILES string of the molecule is COC(C)C(=O)NCCN1CCNCC1.Cl. The largest absolute Gasteiger partial charge is 0.372 e. The van der Waals surface area contributed by atoms with Crippen molar-refractivity contribution in [1.82, 2.24) is 15.5 Å². The summed E-state index contributed by atoms with van der Waals surface area (Å²) in [6.45, 7) is 7.59. The number of hydrogen-bond acceptors (Lipinski definition) is 4. The summed E-state index contributed by atoms with van der Waals surface area (Å²) in [5.74, 6) is -0.0346. The molecule has 1 aliphatic rings. The standard InChI is InChI=1S/C10H21N3O2.ClH/c1-9(15-2)10(14)12-5-8-13-6-3-11-4-7-13;/h9,11H,3-8H2,1-2H3,(H,12,14);1H. The molecule has 0 radical (unpaired) electrons. The summed E-state index contributed by atoms with van der Waals surface area (Å²) in [6.07, 6.45) is -0.354. The van der Waals surface area contributed by atoms with E-state index in [0.29, 0.717) is 6.54 Å². The van der Waals surface area contributed by atoms with Crippen LogP contribution in [0.5, 0.6) is 0 Å². The summed E-state index contributed by atoms with van der Waals surface area (Å²) in [7, 11) is 1.54. The lowest BCUT2D eigenvalue weighted by Crippen LogP contribution is -2.47. The Bertz CT molecular complexity index is 199. The van der Waals surface area contributed by atoms with Gasteiger partial charge in [0.05, 0.1) is 0 Å². The smallest absolute Gasteiger partial charge is 0.248 e. The fourth-order valence-corrected chi connectivity index (χ4v) is 1.52. The molecular weight excluding hydrogens is 230 g/mol. The summed E-state index contributed by atoms with van der Waals surface area (Å²) in [6, 6.07) is 0. The van der Waals surface area contributed by atoms with Crippen LogP contribution >= 0.6 is 12.4 Å². The molecule has 1 rings (SSSR count). The van der Waals surface area contributed by atoms with E-state index in [4.69, 9.17) is 4.74 Å². The first-order valence-electron chi connectivity index (χ1n) is 5.47. The first-order chi connectivity index (χ1) is 7.24. The second kappa shape index (κ2) is 8.75. The molecule has 2 N–H and O–H groups in total. The first-order valence-corrected chi connectivity index (χ1v) is 5.47. The minimum absolute atomic E-state index is 0. The number of hydrogen-bond donors (Lipinski definition) is 2. The van der Waals surface area contributed by atoms with Gasteiger partial charge in [-0.05, 0) is 6.92 Å². The molecule has 0 aliphatic carbocycles. The van der Waals surface area contributed by atoms with Gasteiger partial charge in [-0.25, -0.2) is 0 Å². The number of amides is 1. The van der Waals surface area contributed by atoms with Gasteiger partial charge in [-0.2, -0.15) is 0 Å². The number of carbonyl (C=O) groups excluding carboxylic acids is 1. The number of rotatable bonds is 5. The molecule has 1 aliphatic heterocycles. The van der Waals surface area contributed by atoms with Crippen LogP contribution in [-0.4, -0.2) is 63.3 Å². The highest BCUT2D eigenvalue weighted by Gasteiger charge is 2.12. The maximum atomic E-state index is 11.3. The number of piperazine rings is 1. The Kier molecular flexibility index (Phi) is 8.56. The van der Waals surface area contributed by atoms with E-state index < -0.39 is 0 Å². The van der Waals surface area contributed by atoms with Gasteiger partial charge in [0.25, 0.3) is 0 Å². The van der Waals surface area contributed by atoms with E-state index in [-0.39, 0.29) is 24.4 Å². The van der Waals surface area contributed by atoms with E-state index in [2.05, 4.69) is 15.5 Å². The van der Waals surface area contributed by atoms with Gasteiger partial charge < -0.3 is 15.4 Å². The highest BCUT2D eigenvalue weighted by Crippen LogP contribution is 1.91. The Morgan fingerprint density at radius 2 is 2.12 bits per heavy atom. The second-order valence-electron chi connectivity index (χ2n) is 3.76. The Morgan fingerprint density at radius 3 is 2.69 bits per heavy atom. The number of carbonyl (C=O) groups is 1. The van der Waals surface area contributed by atoms with Crippen molar-refractivity contribution in [3.05, 3.63) is 0 Å². The number of nitrogens with one attached hydrogen (secondary N) is 2. The van der Waals surface area contributed by atoms with E-state index in [0.717, 1.165) is 32.7 Å². The lowest BCUT2D eigenvalue weighted by Gasteiger charge is -2.27. The van der Waals surface area contributed by atoms with E-state index >= 15 is 0 Å². The summed E-state index contributed by atoms with van der Waals surface area (Å²) >= 11 is 0. The first kappa shape index (κ1) is 15.6. The van der Waals surface area contributed by atoms with Gasteiger partial charge in [0, 0.05) is 46.4 Å². The highest BCUT2D eigenvalue weighted by molar-refractivity contribution is 5.85. The summed E-state index contributed by atoms with van der Waals surface area (Å²) in [4.78, 5) is 13.7. The van der Waals surface area contributed by atoms with Crippen LogP contribution in [0.1, 0.15) is 6.92 Å². The number of nitrogens with zero attached hydrogens (tertiary/aromatic N) is 1. The van der Waals surface area contributed by atoms with Gasteiger partial charge in [-0.15, -0.1) is 12.4 Å². The Hall–Kier alpha value is -0.360. The predicted octanol–water partition coefficient (Wildman–Crippen LogP) is -0.535. The van der Waals surface area contributed by atoms with Crippen molar-refractivity contribution in [2.45, 2.75) is 13.0 Å². The van der Waals surface area contributed by atoms with Gasteiger partial charge >= 0.3 is 0 Å². The average Bonchev–Trinajstić information content (AvgIpc) is 2.29. The maximum Gasteiger partial charge on any atom is 0.248 e. The summed E-state index contributed by atoms with van der Waals surface area (Å²) in [5, 5.41) is 6.15. The molecule has 5 nitrogen and oxygen atoms in total. The van der Waals surface area contributed by atoms with Gasteiger partial charge in [0.1, 0.15) is 6.10 Å². The molecule has 1 fully saturated rings. The molecule has 1 heterocycles. The quantitative estimate of drug-likeness (QED) is 0.690. The Balaban J connectivity index is 0.00000225. The van der Waals surface area contributed by atoms with Crippen LogP contribution in [0.3, 0.4) is 0 Å². The van der Waals surface area contributed by atoms with Crippen molar-refractivity contribution in [3.8, 4) is 0 Å². The molecule has 96 valence electrons. The molecule has 1 amide bonds. The van der Waals surface area contributed by atoms with Crippen LogP contribution < -0.4 is 10.6 Å². The molecule has 16 heavy (non-hydrogen) atoms. The molecule has 0 aromatic rings. The van der Waals surface area contributed by atoms with Gasteiger partial charge in [-0.1, -0.05) is 0 Å². The molecule has 1 atom stereocenters. The highest BCUT2D eigenvalue weighted by atomic mass is 35.5. The molecule has 1 unspecified atom stereocenters. The van der Waals surface area contributed by atoms with Crippen LogP contribution in [-0.2, 0) is 9.53 Å². The van der Waals surface area contributed by atoms with Gasteiger partial charge in [0.2, 0.25) is 5.91 Å². The van der Waals surface area contributed by atoms with Crippen molar-refractivity contribution >= 4 is 18.3 Å². The van der Waals surface area contributed by atoms with Crippen molar-refractivity contribution < 1.29 is 9.53 Å². The monoisotopic (exact) mass is 251 g/mol. The summed E-state index contributed by atoms with van der Waals surface area (Å²) in [5.41, 5.74) is 0. The van der Waals surface area contributed by atoms with Crippen LogP contribution in [0.2, 0.25) is 0 Å². The fourth-order valence-electron chi connectivity index (χ4n) is 1.52. The molecule has 1 saturated heterocycles. The van der Waals surface area contributed by atoms with Crippen molar-refractivity contribution in [3.63, 3.8) is 0 Å². The maximum absolute atomic E-state index is 11.3. The molecule has 0 aromatic heterocycles. The topological polar surface area (TPSA) is 53.6 Å². The Labute approximate surface area is 103 Å². The molecule has 0 saturated carbocycles. The second-order valence-corrected chi connectivity index (χ2v) is 3.76. The van der Waals surface area contributed by atoms with Crippen molar-refractivity contribution in [1.29, 1.82) is 0 Å². The normalized spacial score (nSPS) is 18.6. The Morgan fingerprint density at radius 1 is 1.50 bits per heavy atom. The van der Waals surface area contributed by atoms with Crippen LogP contribution in [0.15, 0.2) is 0 Å². The molecular formula is C10H22ClN3O2.